The first-order valence-corrected chi connectivity index (χ1v) is 12.6. The number of benzene rings is 3. The molecule has 0 aromatic heterocycles. The molecule has 1 aliphatic heterocycles. The Morgan fingerprint density at radius 2 is 1.71 bits per heavy atom. The number of ether oxygens (including phenoxy) is 1. The molecular weight excluding hydrogens is 496 g/mol. The fraction of sp³-hybridized carbons (Fsp3) is 0.367. The van der Waals surface area contributed by atoms with Crippen molar-refractivity contribution in [2.45, 2.75) is 38.5 Å². The van der Waals surface area contributed by atoms with Gasteiger partial charge in [0.25, 0.3) is 5.91 Å². The van der Waals surface area contributed by atoms with Gasteiger partial charge >= 0.3 is 6.18 Å². The highest BCUT2D eigenvalue weighted by molar-refractivity contribution is 5.94. The number of hydrogen-bond acceptors (Lipinski definition) is 3. The van der Waals surface area contributed by atoms with Crippen molar-refractivity contribution < 1.29 is 27.1 Å². The van der Waals surface area contributed by atoms with Crippen LogP contribution < -0.4 is 4.74 Å². The molecule has 0 saturated carbocycles. The minimum atomic E-state index is -4.44. The van der Waals surface area contributed by atoms with Crippen molar-refractivity contribution in [3.8, 4) is 5.75 Å². The maximum Gasteiger partial charge on any atom is 0.416 e. The summed E-state index contributed by atoms with van der Waals surface area (Å²) in [6.45, 7) is 5.99. The SMILES string of the molecule is COc1ccc(CN2C[C@H](CN(C(=O)c3ccc(F)cc3)C(C)C)[C@H](c3cccc(C(F)(F)F)c3)C2)cc1. The van der Waals surface area contributed by atoms with Gasteiger partial charge in [-0.2, -0.15) is 13.2 Å². The molecule has 0 unspecified atom stereocenters. The highest BCUT2D eigenvalue weighted by Gasteiger charge is 2.38. The summed E-state index contributed by atoms with van der Waals surface area (Å²) >= 11 is 0. The summed E-state index contributed by atoms with van der Waals surface area (Å²) in [5, 5.41) is 0. The van der Waals surface area contributed by atoms with E-state index in [4.69, 9.17) is 4.74 Å². The van der Waals surface area contributed by atoms with E-state index < -0.39 is 17.6 Å². The third-order valence-corrected chi connectivity index (χ3v) is 7.13. The van der Waals surface area contributed by atoms with Gasteiger partial charge in [0.2, 0.25) is 0 Å². The van der Waals surface area contributed by atoms with Crippen molar-refractivity contribution in [1.29, 1.82) is 0 Å². The van der Waals surface area contributed by atoms with E-state index in [0.717, 1.165) is 17.4 Å². The molecule has 0 spiro atoms. The highest BCUT2D eigenvalue weighted by atomic mass is 19.4. The molecule has 8 heteroatoms. The smallest absolute Gasteiger partial charge is 0.416 e. The average molecular weight is 529 g/mol. The minimum Gasteiger partial charge on any atom is -0.497 e. The van der Waals surface area contributed by atoms with Crippen LogP contribution in [0.15, 0.2) is 72.8 Å². The molecule has 1 saturated heterocycles. The Kier molecular flexibility index (Phi) is 8.41. The molecule has 1 amide bonds. The van der Waals surface area contributed by atoms with Crippen LogP contribution in [0.4, 0.5) is 17.6 Å². The van der Waals surface area contributed by atoms with Crippen LogP contribution in [-0.2, 0) is 12.7 Å². The lowest BCUT2D eigenvalue weighted by Gasteiger charge is -2.32. The van der Waals surface area contributed by atoms with Gasteiger partial charge < -0.3 is 9.64 Å². The lowest BCUT2D eigenvalue weighted by molar-refractivity contribution is -0.137. The van der Waals surface area contributed by atoms with Crippen molar-refractivity contribution in [2.24, 2.45) is 5.92 Å². The maximum atomic E-state index is 13.5. The predicted molar refractivity (Wildman–Crippen MR) is 139 cm³/mol. The Labute approximate surface area is 220 Å². The van der Waals surface area contributed by atoms with E-state index in [2.05, 4.69) is 4.90 Å². The summed E-state index contributed by atoms with van der Waals surface area (Å²) in [5.41, 5.74) is 1.38. The second-order valence-electron chi connectivity index (χ2n) is 10.1. The van der Waals surface area contributed by atoms with Crippen molar-refractivity contribution >= 4 is 5.91 Å². The van der Waals surface area contributed by atoms with E-state index in [1.54, 1.807) is 18.1 Å². The van der Waals surface area contributed by atoms with Crippen LogP contribution in [0.25, 0.3) is 0 Å². The van der Waals surface area contributed by atoms with Gasteiger partial charge in [0.1, 0.15) is 11.6 Å². The predicted octanol–water partition coefficient (Wildman–Crippen LogP) is 6.62. The van der Waals surface area contributed by atoms with Crippen LogP contribution in [-0.4, -0.2) is 48.5 Å². The lowest BCUT2D eigenvalue weighted by Crippen LogP contribution is -2.42. The van der Waals surface area contributed by atoms with Crippen LogP contribution in [0.5, 0.6) is 5.75 Å². The van der Waals surface area contributed by atoms with Crippen LogP contribution in [0, 0.1) is 11.7 Å². The molecule has 0 N–H and O–H groups in total. The summed E-state index contributed by atoms with van der Waals surface area (Å²) in [4.78, 5) is 17.3. The Bertz CT molecular complexity index is 1230. The normalized spacial score (nSPS) is 18.1. The number of carbonyl (C=O) groups excluding carboxylic acids is 1. The zero-order chi connectivity index (χ0) is 27.4. The number of carbonyl (C=O) groups is 1. The third kappa shape index (κ3) is 6.54. The summed E-state index contributed by atoms with van der Waals surface area (Å²) in [6.07, 6.45) is -4.44. The summed E-state index contributed by atoms with van der Waals surface area (Å²) < 4.78 is 59.2. The van der Waals surface area contributed by atoms with E-state index in [1.165, 1.54) is 36.4 Å². The number of nitrogens with zero attached hydrogens (tertiary/aromatic N) is 2. The molecule has 3 aromatic rings. The molecular formula is C30H32F4N2O2. The molecule has 1 heterocycles. The Hall–Kier alpha value is -3.39. The number of halogens is 4. The largest absolute Gasteiger partial charge is 0.497 e. The molecule has 38 heavy (non-hydrogen) atoms. The van der Waals surface area contributed by atoms with Crippen molar-refractivity contribution in [1.82, 2.24) is 9.80 Å². The first-order valence-electron chi connectivity index (χ1n) is 12.6. The lowest BCUT2D eigenvalue weighted by atomic mass is 9.87. The zero-order valence-electron chi connectivity index (χ0n) is 21.7. The Balaban J connectivity index is 1.61. The number of alkyl halides is 3. The van der Waals surface area contributed by atoms with Gasteiger partial charge in [-0.3, -0.25) is 9.69 Å². The summed E-state index contributed by atoms with van der Waals surface area (Å²) in [7, 11) is 1.60. The number of methoxy groups -OCH3 is 1. The average Bonchev–Trinajstić information content (AvgIpc) is 3.29. The Morgan fingerprint density at radius 3 is 2.32 bits per heavy atom. The molecule has 0 radical (unpaired) electrons. The van der Waals surface area contributed by atoms with E-state index in [9.17, 15) is 22.4 Å². The fourth-order valence-corrected chi connectivity index (χ4v) is 5.13. The molecule has 1 aliphatic rings. The quantitative estimate of drug-likeness (QED) is 0.308. The van der Waals surface area contributed by atoms with Crippen molar-refractivity contribution in [3.63, 3.8) is 0 Å². The molecule has 4 nitrogen and oxygen atoms in total. The highest BCUT2D eigenvalue weighted by Crippen LogP contribution is 2.38. The zero-order valence-corrected chi connectivity index (χ0v) is 21.7. The molecule has 0 bridgehead atoms. The summed E-state index contributed by atoms with van der Waals surface area (Å²) in [5.74, 6) is -0.188. The van der Waals surface area contributed by atoms with E-state index in [0.29, 0.717) is 37.3 Å². The standard InChI is InChI=1S/C30H32F4N2O2/c1-20(2)36(29(37)22-9-11-26(31)12-10-22)18-24-17-35(16-21-7-13-27(38-3)14-8-21)19-28(24)23-5-4-6-25(15-23)30(32,33)34/h4-15,20,24,28H,16-19H2,1-3H3/t24-,28+/m1/s1. The van der Waals surface area contributed by atoms with Gasteiger partial charge in [-0.25, -0.2) is 4.39 Å². The maximum absolute atomic E-state index is 13.5. The van der Waals surface area contributed by atoms with Crippen LogP contribution >= 0.6 is 0 Å². The van der Waals surface area contributed by atoms with Gasteiger partial charge in [0, 0.05) is 43.7 Å². The van der Waals surface area contributed by atoms with Gasteiger partial charge in [-0.1, -0.05) is 30.3 Å². The van der Waals surface area contributed by atoms with Gasteiger partial charge in [0.05, 0.1) is 12.7 Å². The number of rotatable bonds is 8. The van der Waals surface area contributed by atoms with Gasteiger partial charge in [-0.15, -0.1) is 0 Å². The van der Waals surface area contributed by atoms with Crippen LogP contribution in [0.3, 0.4) is 0 Å². The number of amides is 1. The topological polar surface area (TPSA) is 32.8 Å². The van der Waals surface area contributed by atoms with E-state index >= 15 is 0 Å². The van der Waals surface area contributed by atoms with E-state index in [-0.39, 0.29) is 23.8 Å². The molecule has 4 rings (SSSR count). The molecule has 0 aliphatic carbocycles. The van der Waals surface area contributed by atoms with Crippen molar-refractivity contribution in [3.05, 3.63) is 101 Å². The second-order valence-corrected chi connectivity index (χ2v) is 10.1. The molecule has 202 valence electrons. The fourth-order valence-electron chi connectivity index (χ4n) is 5.13. The minimum absolute atomic E-state index is 0.0940. The van der Waals surface area contributed by atoms with E-state index in [1.807, 2.05) is 38.1 Å². The molecule has 3 aromatic carbocycles. The van der Waals surface area contributed by atoms with Crippen LogP contribution in [0.1, 0.15) is 46.8 Å². The first kappa shape index (κ1) is 27.6. The van der Waals surface area contributed by atoms with Gasteiger partial charge in [-0.05, 0) is 73.4 Å². The summed E-state index contributed by atoms with van der Waals surface area (Å²) in [6, 6.07) is 18.5. The number of likely N-dealkylation sites (tertiary alicyclic amines) is 1. The van der Waals surface area contributed by atoms with Gasteiger partial charge in [0.15, 0.2) is 0 Å². The first-order chi connectivity index (χ1) is 18.0. The third-order valence-electron chi connectivity index (χ3n) is 7.13. The number of hydrogen-bond donors (Lipinski definition) is 0. The molecule has 1 fully saturated rings. The van der Waals surface area contributed by atoms with Crippen LogP contribution in [0.2, 0.25) is 0 Å². The van der Waals surface area contributed by atoms with Crippen molar-refractivity contribution in [2.75, 3.05) is 26.7 Å². The Morgan fingerprint density at radius 1 is 1.03 bits per heavy atom. The second kappa shape index (κ2) is 11.6. The molecule has 2 atom stereocenters. The monoisotopic (exact) mass is 528 g/mol.